The summed E-state index contributed by atoms with van der Waals surface area (Å²) in [4.78, 5) is 30.3. The third kappa shape index (κ3) is 11.1. The highest BCUT2D eigenvalue weighted by Crippen LogP contribution is 2.26. The Bertz CT molecular complexity index is 1270. The minimum Gasteiger partial charge on any atom is -0.508 e. The Morgan fingerprint density at radius 3 is 2.50 bits per heavy atom. The Hall–Kier alpha value is -3.82. The van der Waals surface area contributed by atoms with Gasteiger partial charge in [-0.25, -0.2) is 4.98 Å². The van der Waals surface area contributed by atoms with Crippen molar-refractivity contribution in [2.24, 2.45) is 5.73 Å². The second-order valence-corrected chi connectivity index (χ2v) is 11.2. The number of rotatable bonds is 13. The minimum atomic E-state index is -0.822. The molecule has 1 heterocycles. The maximum absolute atomic E-state index is 12.5. The first-order chi connectivity index (χ1) is 19.1. The largest absolute Gasteiger partial charge is 0.508 e. The lowest BCUT2D eigenvalue weighted by molar-refractivity contribution is -0.156. The van der Waals surface area contributed by atoms with Crippen LogP contribution in [0.4, 0.5) is 0 Å². The van der Waals surface area contributed by atoms with Gasteiger partial charge in [0.25, 0.3) is 0 Å². The molecule has 212 valence electrons. The van der Waals surface area contributed by atoms with Gasteiger partial charge in [0.15, 0.2) is 0 Å². The van der Waals surface area contributed by atoms with E-state index in [9.17, 15) is 14.7 Å². The number of aromatic nitrogens is 1. The van der Waals surface area contributed by atoms with Crippen LogP contribution in [0.2, 0.25) is 0 Å². The maximum atomic E-state index is 12.5. The molecule has 0 saturated carbocycles. The van der Waals surface area contributed by atoms with E-state index >= 15 is 0 Å². The van der Waals surface area contributed by atoms with Gasteiger partial charge in [0, 0.05) is 29.7 Å². The van der Waals surface area contributed by atoms with Gasteiger partial charge < -0.3 is 25.6 Å². The summed E-state index contributed by atoms with van der Waals surface area (Å²) in [5, 5.41) is 12.2. The molecule has 4 N–H and O–H groups in total. The number of esters is 1. The average molecular weight is 564 g/mol. The fraction of sp³-hybridized carbons (Fsp3) is 0.323. The molecule has 2 aromatic carbocycles. The van der Waals surface area contributed by atoms with Crippen LogP contribution in [0.5, 0.6) is 11.5 Å². The monoisotopic (exact) mass is 563 g/mol. The fourth-order valence-electron chi connectivity index (χ4n) is 3.51. The number of ether oxygens (including phenoxy) is 2. The van der Waals surface area contributed by atoms with Gasteiger partial charge in [-0.1, -0.05) is 30.3 Å². The number of benzene rings is 2. The topological polar surface area (TPSA) is 124 Å². The zero-order chi connectivity index (χ0) is 29.0. The van der Waals surface area contributed by atoms with Crippen LogP contribution >= 0.6 is 11.8 Å². The van der Waals surface area contributed by atoms with E-state index < -0.39 is 17.6 Å². The van der Waals surface area contributed by atoms with E-state index in [2.05, 4.69) is 5.32 Å². The van der Waals surface area contributed by atoms with E-state index in [0.29, 0.717) is 23.8 Å². The lowest BCUT2D eigenvalue weighted by atomic mass is 10.1. The summed E-state index contributed by atoms with van der Waals surface area (Å²) in [5.41, 5.74) is 7.80. The maximum Gasteiger partial charge on any atom is 0.323 e. The van der Waals surface area contributed by atoms with Crippen molar-refractivity contribution in [1.82, 2.24) is 10.3 Å². The zero-order valence-electron chi connectivity index (χ0n) is 23.1. The van der Waals surface area contributed by atoms with Crippen LogP contribution in [-0.2, 0) is 26.5 Å². The highest BCUT2D eigenvalue weighted by molar-refractivity contribution is 7.98. The number of amides is 1. The quantitative estimate of drug-likeness (QED) is 0.153. The number of carbonyl (C=O) groups excluding carboxylic acids is 2. The fourth-order valence-corrected chi connectivity index (χ4v) is 4.31. The predicted octanol–water partition coefficient (Wildman–Crippen LogP) is 4.89. The summed E-state index contributed by atoms with van der Waals surface area (Å²) in [6.07, 6.45) is 4.00. The van der Waals surface area contributed by atoms with Crippen molar-refractivity contribution in [3.63, 3.8) is 0 Å². The lowest BCUT2D eigenvalue weighted by Crippen LogP contribution is -2.39. The summed E-state index contributed by atoms with van der Waals surface area (Å²) in [6, 6.07) is 20.0. The first-order valence-electron chi connectivity index (χ1n) is 13.1. The standard InChI is InChI=1S/C31H37N3O5S/c1-31(2,3)39-30(37)26(32)17-19-33-29(36)16-14-27-28(38-20-18-22-7-5-4-6-8-22)15-9-23(34-27)21-40-25-12-10-24(35)11-13-25/h4-16,26,35H,17-21,32H2,1-3H3,(H,33,36)/b16-14+. The number of pyridine rings is 1. The number of nitrogens with one attached hydrogen (secondary N) is 1. The number of nitrogens with zero attached hydrogens (tertiary/aromatic N) is 1. The van der Waals surface area contributed by atoms with Crippen molar-refractivity contribution in [2.45, 2.75) is 55.9 Å². The molecule has 0 radical (unpaired) electrons. The van der Waals surface area contributed by atoms with Crippen molar-refractivity contribution in [2.75, 3.05) is 13.2 Å². The molecule has 0 fully saturated rings. The highest BCUT2D eigenvalue weighted by atomic mass is 32.2. The lowest BCUT2D eigenvalue weighted by Gasteiger charge is -2.22. The molecule has 1 amide bonds. The Kier molecular flexibility index (Phi) is 11.6. The van der Waals surface area contributed by atoms with Crippen LogP contribution in [0.1, 0.15) is 44.1 Å². The Morgan fingerprint density at radius 2 is 1.80 bits per heavy atom. The van der Waals surface area contributed by atoms with Crippen LogP contribution in [0, 0.1) is 0 Å². The van der Waals surface area contributed by atoms with Crippen molar-refractivity contribution in [3.05, 3.63) is 89.8 Å². The number of nitrogens with two attached hydrogens (primary N) is 1. The molecular weight excluding hydrogens is 526 g/mol. The van der Waals surface area contributed by atoms with Crippen LogP contribution in [0.3, 0.4) is 0 Å². The molecule has 3 rings (SSSR count). The molecule has 0 bridgehead atoms. The summed E-state index contributed by atoms with van der Waals surface area (Å²) in [5.74, 6) is 0.561. The van der Waals surface area contributed by atoms with E-state index in [0.717, 1.165) is 17.0 Å². The van der Waals surface area contributed by atoms with Gasteiger partial charge in [-0.2, -0.15) is 0 Å². The van der Waals surface area contributed by atoms with Crippen molar-refractivity contribution in [3.8, 4) is 11.5 Å². The van der Waals surface area contributed by atoms with E-state index in [1.807, 2.05) is 54.6 Å². The van der Waals surface area contributed by atoms with Gasteiger partial charge >= 0.3 is 5.97 Å². The van der Waals surface area contributed by atoms with Crippen LogP contribution in [-0.4, -0.2) is 46.8 Å². The Labute approximate surface area is 240 Å². The van der Waals surface area contributed by atoms with Gasteiger partial charge in [-0.15, -0.1) is 11.8 Å². The summed E-state index contributed by atoms with van der Waals surface area (Å²) >= 11 is 1.59. The predicted molar refractivity (Wildman–Crippen MR) is 158 cm³/mol. The number of phenols is 1. The molecule has 0 saturated heterocycles. The SMILES string of the molecule is CC(C)(C)OC(=O)C(N)CCNC(=O)/C=C/c1nc(CSc2ccc(O)cc2)ccc1OCCc1ccccc1. The van der Waals surface area contributed by atoms with Gasteiger partial charge in [0.05, 0.1) is 12.3 Å². The van der Waals surface area contributed by atoms with Crippen molar-refractivity contribution >= 4 is 29.7 Å². The molecule has 0 aliphatic carbocycles. The van der Waals surface area contributed by atoms with E-state index in [1.54, 1.807) is 50.7 Å². The normalized spacial score (nSPS) is 12.2. The smallest absolute Gasteiger partial charge is 0.323 e. The Morgan fingerprint density at radius 1 is 1.07 bits per heavy atom. The van der Waals surface area contributed by atoms with Crippen LogP contribution < -0.4 is 15.8 Å². The average Bonchev–Trinajstić information content (AvgIpc) is 2.92. The van der Waals surface area contributed by atoms with E-state index in [4.69, 9.17) is 20.2 Å². The van der Waals surface area contributed by atoms with Crippen molar-refractivity contribution < 1.29 is 24.2 Å². The number of hydrogen-bond donors (Lipinski definition) is 3. The molecule has 1 aromatic heterocycles. The van der Waals surface area contributed by atoms with Gasteiger partial charge in [-0.3, -0.25) is 9.59 Å². The summed E-state index contributed by atoms with van der Waals surface area (Å²) in [6.45, 7) is 6.01. The highest BCUT2D eigenvalue weighted by Gasteiger charge is 2.21. The molecule has 8 nitrogen and oxygen atoms in total. The number of hydrogen-bond acceptors (Lipinski definition) is 8. The molecule has 0 aliphatic heterocycles. The van der Waals surface area contributed by atoms with Crippen molar-refractivity contribution in [1.29, 1.82) is 0 Å². The number of carbonyl (C=O) groups is 2. The second-order valence-electron chi connectivity index (χ2n) is 10.1. The number of phenolic OH excluding ortho intramolecular Hbond substituents is 1. The third-order valence-corrected chi connectivity index (χ3v) is 6.56. The number of thioether (sulfide) groups is 1. The zero-order valence-corrected chi connectivity index (χ0v) is 23.9. The van der Waals surface area contributed by atoms with Gasteiger partial charge in [-0.05, 0) is 75.2 Å². The van der Waals surface area contributed by atoms with E-state index in [-0.39, 0.29) is 24.6 Å². The molecule has 0 spiro atoms. The summed E-state index contributed by atoms with van der Waals surface area (Å²) in [7, 11) is 0. The summed E-state index contributed by atoms with van der Waals surface area (Å²) < 4.78 is 11.3. The van der Waals surface area contributed by atoms with E-state index in [1.165, 1.54) is 11.6 Å². The molecule has 40 heavy (non-hydrogen) atoms. The first-order valence-corrected chi connectivity index (χ1v) is 14.1. The molecule has 1 atom stereocenters. The second kappa shape index (κ2) is 15.1. The van der Waals surface area contributed by atoms with Gasteiger partial charge in [0.1, 0.15) is 28.8 Å². The Balaban J connectivity index is 1.62. The molecular formula is C31H37N3O5S. The van der Waals surface area contributed by atoms with Crippen LogP contribution in [0.25, 0.3) is 6.08 Å². The third-order valence-electron chi connectivity index (χ3n) is 5.51. The number of aromatic hydroxyl groups is 1. The molecule has 1 unspecified atom stereocenters. The molecule has 3 aromatic rings. The van der Waals surface area contributed by atoms with Gasteiger partial charge in [0.2, 0.25) is 5.91 Å². The van der Waals surface area contributed by atoms with Crippen LogP contribution in [0.15, 0.2) is 77.7 Å². The molecule has 0 aliphatic rings. The first kappa shape index (κ1) is 30.7. The minimum absolute atomic E-state index is 0.219. The molecule has 9 heteroatoms.